The van der Waals surface area contributed by atoms with Crippen molar-refractivity contribution in [2.75, 3.05) is 20.2 Å². The number of hydrogen-bond donors (Lipinski definition) is 1. The van der Waals surface area contributed by atoms with Gasteiger partial charge in [-0.25, -0.2) is 0 Å². The number of ether oxygens (including phenoxy) is 1. The van der Waals surface area contributed by atoms with Crippen LogP contribution >= 0.6 is 0 Å². The number of carbonyl (C=O) groups is 2. The number of benzene rings is 2. The maximum absolute atomic E-state index is 13.9. The third-order valence-electron chi connectivity index (χ3n) is 7.42. The quantitative estimate of drug-likeness (QED) is 0.543. The molecule has 5 rings (SSSR count). The molecule has 2 aliphatic heterocycles. The molecule has 7 nitrogen and oxygen atoms in total. The molecule has 3 aromatic rings. The average Bonchev–Trinajstić information content (AvgIpc) is 2.90. The van der Waals surface area contributed by atoms with E-state index in [1.165, 1.54) is 0 Å². The highest BCUT2D eigenvalue weighted by Gasteiger charge is 2.37. The molecule has 1 aromatic heterocycles. The Morgan fingerprint density at radius 2 is 1.78 bits per heavy atom. The second kappa shape index (κ2) is 10.1. The molecule has 190 valence electrons. The zero-order valence-electron chi connectivity index (χ0n) is 21.4. The van der Waals surface area contributed by atoms with Crippen molar-refractivity contribution in [2.24, 2.45) is 5.92 Å². The number of aryl methyl sites for hydroxylation is 2. The number of carbonyl (C=O) groups excluding carboxylic acids is 2. The fourth-order valence-corrected chi connectivity index (χ4v) is 5.36. The van der Waals surface area contributed by atoms with Crippen LogP contribution in [-0.4, -0.2) is 41.5 Å². The first-order chi connectivity index (χ1) is 17.8. The van der Waals surface area contributed by atoms with Crippen LogP contribution in [-0.2, 0) is 11.3 Å². The van der Waals surface area contributed by atoms with Crippen molar-refractivity contribution in [2.45, 2.75) is 32.7 Å². The van der Waals surface area contributed by atoms with E-state index in [-0.39, 0.29) is 34.9 Å². The van der Waals surface area contributed by atoms with Gasteiger partial charge in [-0.2, -0.15) is 0 Å². The number of aromatic nitrogens is 1. The van der Waals surface area contributed by atoms with E-state index in [9.17, 15) is 14.4 Å². The third kappa shape index (κ3) is 5.07. The van der Waals surface area contributed by atoms with Gasteiger partial charge in [0.05, 0.1) is 7.11 Å². The minimum Gasteiger partial charge on any atom is -0.497 e. The van der Waals surface area contributed by atoms with E-state index in [2.05, 4.69) is 5.32 Å². The van der Waals surface area contributed by atoms with Crippen molar-refractivity contribution in [3.63, 3.8) is 0 Å². The summed E-state index contributed by atoms with van der Waals surface area (Å²) in [5.74, 6) is 0.361. The van der Waals surface area contributed by atoms with Crippen LogP contribution in [0, 0.1) is 19.8 Å². The summed E-state index contributed by atoms with van der Waals surface area (Å²) in [6, 6.07) is 18.2. The normalized spacial score (nSPS) is 18.7. The molecule has 1 fully saturated rings. The molecule has 1 saturated heterocycles. The SMILES string of the molecule is COc1cccc(/C=C(/NC(=O)c2ccc(C)c(C)c2)C(=O)N2CC3CC(C2)c2cccc(=O)n2C3)c1. The van der Waals surface area contributed by atoms with Crippen molar-refractivity contribution >= 4 is 17.9 Å². The number of nitrogens with zero attached hydrogens (tertiary/aromatic N) is 2. The molecule has 37 heavy (non-hydrogen) atoms. The van der Waals surface area contributed by atoms with Crippen molar-refractivity contribution < 1.29 is 14.3 Å². The summed E-state index contributed by atoms with van der Waals surface area (Å²) < 4.78 is 7.18. The number of nitrogens with one attached hydrogen (secondary N) is 1. The Morgan fingerprint density at radius 3 is 2.57 bits per heavy atom. The summed E-state index contributed by atoms with van der Waals surface area (Å²) >= 11 is 0. The number of hydrogen-bond acceptors (Lipinski definition) is 4. The van der Waals surface area contributed by atoms with Gasteiger partial charge in [0.25, 0.3) is 17.4 Å². The number of amides is 2. The van der Waals surface area contributed by atoms with Crippen LogP contribution in [0.2, 0.25) is 0 Å². The van der Waals surface area contributed by atoms with E-state index >= 15 is 0 Å². The lowest BCUT2D eigenvalue weighted by atomic mass is 9.83. The Kier molecular flexibility index (Phi) is 6.70. The Labute approximate surface area is 216 Å². The molecule has 2 amide bonds. The van der Waals surface area contributed by atoms with Crippen molar-refractivity contribution in [1.29, 1.82) is 0 Å². The van der Waals surface area contributed by atoms with Gasteiger partial charge in [-0.1, -0.05) is 24.3 Å². The van der Waals surface area contributed by atoms with Gasteiger partial charge < -0.3 is 19.5 Å². The molecule has 0 saturated carbocycles. The first kappa shape index (κ1) is 24.6. The van der Waals surface area contributed by atoms with Gasteiger partial charge in [0.1, 0.15) is 11.4 Å². The van der Waals surface area contributed by atoms with E-state index in [1.807, 2.05) is 65.8 Å². The predicted octanol–water partition coefficient (Wildman–Crippen LogP) is 3.89. The molecule has 0 spiro atoms. The monoisotopic (exact) mass is 497 g/mol. The number of methoxy groups -OCH3 is 1. The zero-order valence-corrected chi connectivity index (χ0v) is 21.4. The van der Waals surface area contributed by atoms with E-state index in [1.54, 1.807) is 31.4 Å². The number of rotatable bonds is 5. The molecule has 2 atom stereocenters. The smallest absolute Gasteiger partial charge is 0.270 e. The van der Waals surface area contributed by atoms with Gasteiger partial charge in [-0.3, -0.25) is 14.4 Å². The van der Waals surface area contributed by atoms with Crippen LogP contribution in [0.3, 0.4) is 0 Å². The van der Waals surface area contributed by atoms with Crippen LogP contribution in [0.1, 0.15) is 45.1 Å². The Hall–Kier alpha value is -4.13. The van der Waals surface area contributed by atoms with Crippen LogP contribution in [0.15, 0.2) is 71.2 Å². The summed E-state index contributed by atoms with van der Waals surface area (Å²) in [7, 11) is 1.59. The standard InChI is InChI=1S/C30H31N3O4/c1-19-10-11-23(12-20(19)2)29(35)31-26(15-21-6-4-7-25(14-21)37-3)30(36)32-16-22-13-24(18-32)27-8-5-9-28(34)33(27)17-22/h4-12,14-15,22,24H,13,16-18H2,1-3H3,(H,31,35)/b26-15+. The fourth-order valence-electron chi connectivity index (χ4n) is 5.36. The molecular weight excluding hydrogens is 466 g/mol. The number of fused-ring (bicyclic) bond motifs is 4. The topological polar surface area (TPSA) is 80.6 Å². The second-order valence-corrected chi connectivity index (χ2v) is 10.00. The second-order valence-electron chi connectivity index (χ2n) is 10.00. The summed E-state index contributed by atoms with van der Waals surface area (Å²) in [5.41, 5.74) is 4.54. The highest BCUT2D eigenvalue weighted by Crippen LogP contribution is 2.35. The Bertz CT molecular complexity index is 1460. The average molecular weight is 498 g/mol. The molecule has 2 aliphatic rings. The number of likely N-dealkylation sites (tertiary alicyclic amines) is 1. The first-order valence-corrected chi connectivity index (χ1v) is 12.6. The van der Waals surface area contributed by atoms with Gasteiger partial charge >= 0.3 is 0 Å². The van der Waals surface area contributed by atoms with Crippen molar-refractivity contribution in [3.8, 4) is 5.75 Å². The van der Waals surface area contributed by atoms with Gasteiger partial charge in [0, 0.05) is 42.9 Å². The van der Waals surface area contributed by atoms with E-state index < -0.39 is 0 Å². The van der Waals surface area contributed by atoms with E-state index in [0.717, 1.165) is 28.8 Å². The third-order valence-corrected chi connectivity index (χ3v) is 7.42. The number of pyridine rings is 1. The molecule has 0 aliphatic carbocycles. The fraction of sp³-hybridized carbons (Fsp3) is 0.300. The zero-order chi connectivity index (χ0) is 26.1. The van der Waals surface area contributed by atoms with Gasteiger partial charge in [0.2, 0.25) is 0 Å². The van der Waals surface area contributed by atoms with Gasteiger partial charge in [0.15, 0.2) is 0 Å². The first-order valence-electron chi connectivity index (χ1n) is 12.6. The lowest BCUT2D eigenvalue weighted by molar-refractivity contribution is -0.130. The minimum atomic E-state index is -0.334. The summed E-state index contributed by atoms with van der Waals surface area (Å²) in [5, 5.41) is 2.89. The van der Waals surface area contributed by atoms with Crippen LogP contribution in [0.4, 0.5) is 0 Å². The van der Waals surface area contributed by atoms with Crippen molar-refractivity contribution in [3.05, 3.63) is 105 Å². The van der Waals surface area contributed by atoms with Gasteiger partial charge in [-0.05, 0) is 79.3 Å². The minimum absolute atomic E-state index is 0.00578. The summed E-state index contributed by atoms with van der Waals surface area (Å²) in [4.78, 5) is 41.3. The highest BCUT2D eigenvalue weighted by molar-refractivity contribution is 6.05. The molecule has 3 heterocycles. The molecular formula is C30H31N3O4. The number of piperidine rings is 1. The molecule has 1 N–H and O–H groups in total. The van der Waals surface area contributed by atoms with E-state index in [0.29, 0.717) is 30.9 Å². The maximum atomic E-state index is 13.9. The maximum Gasteiger partial charge on any atom is 0.270 e. The van der Waals surface area contributed by atoms with Gasteiger partial charge in [-0.15, -0.1) is 0 Å². The van der Waals surface area contributed by atoms with Crippen LogP contribution < -0.4 is 15.6 Å². The molecule has 7 heteroatoms. The Balaban J connectivity index is 1.46. The molecule has 2 unspecified atom stereocenters. The van der Waals surface area contributed by atoms with Crippen molar-refractivity contribution in [1.82, 2.24) is 14.8 Å². The van der Waals surface area contributed by atoms with Crippen LogP contribution in [0.25, 0.3) is 6.08 Å². The van der Waals surface area contributed by atoms with E-state index in [4.69, 9.17) is 4.74 Å². The highest BCUT2D eigenvalue weighted by atomic mass is 16.5. The molecule has 2 aromatic carbocycles. The van der Waals surface area contributed by atoms with Crippen LogP contribution in [0.5, 0.6) is 5.75 Å². The largest absolute Gasteiger partial charge is 0.497 e. The Morgan fingerprint density at radius 1 is 0.973 bits per heavy atom. The predicted molar refractivity (Wildman–Crippen MR) is 142 cm³/mol. The molecule has 2 bridgehead atoms. The molecule has 0 radical (unpaired) electrons. The summed E-state index contributed by atoms with van der Waals surface area (Å²) in [6.07, 6.45) is 2.64. The summed E-state index contributed by atoms with van der Waals surface area (Å²) in [6.45, 7) is 5.58. The lowest BCUT2D eigenvalue weighted by Crippen LogP contribution is -2.50. The lowest BCUT2D eigenvalue weighted by Gasteiger charge is -2.43.